The van der Waals surface area contributed by atoms with Gasteiger partial charge in [0, 0.05) is 32.4 Å². The minimum Gasteiger partial charge on any atom is -0.352 e. The van der Waals surface area contributed by atoms with Crippen LogP contribution < -0.4 is 4.90 Å². The summed E-state index contributed by atoms with van der Waals surface area (Å²) in [5, 5.41) is 4.19. The maximum atomic E-state index is 13.7. The molecule has 0 unspecified atom stereocenters. The highest BCUT2D eigenvalue weighted by molar-refractivity contribution is 5.94. The van der Waals surface area contributed by atoms with Crippen LogP contribution >= 0.6 is 0 Å². The molecule has 3 aromatic rings. The summed E-state index contributed by atoms with van der Waals surface area (Å²) in [5.41, 5.74) is 0.725. The summed E-state index contributed by atoms with van der Waals surface area (Å²) < 4.78 is 15.4. The number of halogens is 1. The number of nitrogens with zero attached hydrogens (tertiary/aromatic N) is 7. The first kappa shape index (κ1) is 14.5. The second-order valence-corrected chi connectivity index (χ2v) is 5.43. The highest BCUT2D eigenvalue weighted by Gasteiger charge is 2.25. The Labute approximate surface area is 136 Å². The van der Waals surface area contributed by atoms with Crippen LogP contribution in [0.3, 0.4) is 0 Å². The predicted octanol–water partition coefficient (Wildman–Crippen LogP) is 0.621. The maximum Gasteiger partial charge on any atom is 0.257 e. The molecule has 8 nitrogen and oxygen atoms in total. The Morgan fingerprint density at radius 3 is 2.71 bits per heavy atom. The molecule has 1 saturated heterocycles. The Morgan fingerprint density at radius 1 is 1.08 bits per heavy atom. The lowest BCUT2D eigenvalue weighted by molar-refractivity contribution is 0.0741. The average Bonchev–Trinajstić information content (AvgIpc) is 3.10. The van der Waals surface area contributed by atoms with Crippen LogP contribution in [0.25, 0.3) is 5.65 Å². The lowest BCUT2D eigenvalue weighted by Crippen LogP contribution is -2.49. The second-order valence-electron chi connectivity index (χ2n) is 5.43. The molecular weight excluding hydrogens is 313 g/mol. The van der Waals surface area contributed by atoms with Gasteiger partial charge < -0.3 is 9.80 Å². The topological polar surface area (TPSA) is 79.5 Å². The molecule has 122 valence electrons. The molecule has 1 aliphatic rings. The van der Waals surface area contributed by atoms with Crippen LogP contribution in [0.5, 0.6) is 0 Å². The summed E-state index contributed by atoms with van der Waals surface area (Å²) in [6, 6.07) is 1.41. The van der Waals surface area contributed by atoms with Gasteiger partial charge in [0.25, 0.3) is 5.91 Å². The maximum absolute atomic E-state index is 13.7. The van der Waals surface area contributed by atoms with Crippen LogP contribution in [0.2, 0.25) is 0 Å². The van der Waals surface area contributed by atoms with E-state index in [1.54, 1.807) is 21.8 Å². The Balaban J connectivity index is 1.50. The molecule has 24 heavy (non-hydrogen) atoms. The smallest absolute Gasteiger partial charge is 0.257 e. The van der Waals surface area contributed by atoms with Gasteiger partial charge >= 0.3 is 0 Å². The van der Waals surface area contributed by atoms with E-state index in [2.05, 4.69) is 25.0 Å². The SMILES string of the molecule is O=C(c1ccncc1F)N1CCN(c2cncc3ncnn23)CC1. The number of pyridine rings is 1. The van der Waals surface area contributed by atoms with Gasteiger partial charge in [0.2, 0.25) is 0 Å². The van der Waals surface area contributed by atoms with Gasteiger partial charge in [-0.1, -0.05) is 0 Å². The van der Waals surface area contributed by atoms with Gasteiger partial charge in [-0.3, -0.25) is 14.8 Å². The van der Waals surface area contributed by atoms with Crippen LogP contribution in [-0.2, 0) is 0 Å². The van der Waals surface area contributed by atoms with Crippen LogP contribution in [0, 0.1) is 5.82 Å². The quantitative estimate of drug-likeness (QED) is 0.686. The van der Waals surface area contributed by atoms with E-state index in [0.29, 0.717) is 31.8 Å². The van der Waals surface area contributed by atoms with Gasteiger partial charge in [0.05, 0.1) is 24.2 Å². The first-order valence-corrected chi connectivity index (χ1v) is 7.51. The number of anilines is 1. The monoisotopic (exact) mass is 327 g/mol. The Bertz CT molecular complexity index is 888. The zero-order chi connectivity index (χ0) is 16.5. The van der Waals surface area contributed by atoms with E-state index in [1.807, 2.05) is 0 Å². The van der Waals surface area contributed by atoms with Crippen molar-refractivity contribution in [2.75, 3.05) is 31.1 Å². The summed E-state index contributed by atoms with van der Waals surface area (Å²) in [5.74, 6) is -0.0830. The lowest BCUT2D eigenvalue weighted by Gasteiger charge is -2.35. The molecule has 0 saturated carbocycles. The number of aromatic nitrogens is 5. The number of rotatable bonds is 2. The third-order valence-corrected chi connectivity index (χ3v) is 4.06. The van der Waals surface area contributed by atoms with E-state index in [0.717, 1.165) is 12.0 Å². The molecular formula is C15H14FN7O. The molecule has 1 aliphatic heterocycles. The van der Waals surface area contributed by atoms with E-state index in [-0.39, 0.29) is 11.5 Å². The number of amides is 1. The van der Waals surface area contributed by atoms with Gasteiger partial charge in [-0.15, -0.1) is 0 Å². The van der Waals surface area contributed by atoms with Crippen molar-refractivity contribution in [2.45, 2.75) is 0 Å². The molecule has 3 aromatic heterocycles. The summed E-state index contributed by atoms with van der Waals surface area (Å²) in [6.07, 6.45) is 7.32. The normalized spacial score (nSPS) is 15.0. The molecule has 0 radical (unpaired) electrons. The first-order valence-electron chi connectivity index (χ1n) is 7.51. The summed E-state index contributed by atoms with van der Waals surface area (Å²) >= 11 is 0. The van der Waals surface area contributed by atoms with Crippen molar-refractivity contribution in [3.63, 3.8) is 0 Å². The van der Waals surface area contributed by atoms with Gasteiger partial charge in [-0.25, -0.2) is 9.37 Å². The molecule has 1 fully saturated rings. The van der Waals surface area contributed by atoms with Crippen LogP contribution in [0.4, 0.5) is 10.2 Å². The van der Waals surface area contributed by atoms with Gasteiger partial charge in [-0.05, 0) is 6.07 Å². The van der Waals surface area contributed by atoms with Crippen molar-refractivity contribution in [1.82, 2.24) is 29.5 Å². The summed E-state index contributed by atoms with van der Waals surface area (Å²) in [7, 11) is 0. The Morgan fingerprint density at radius 2 is 1.92 bits per heavy atom. The summed E-state index contributed by atoms with van der Waals surface area (Å²) in [4.78, 5) is 28.1. The van der Waals surface area contributed by atoms with Crippen molar-refractivity contribution < 1.29 is 9.18 Å². The van der Waals surface area contributed by atoms with Crippen LogP contribution in [0.15, 0.2) is 37.2 Å². The Hall–Kier alpha value is -3.10. The zero-order valence-corrected chi connectivity index (χ0v) is 12.7. The molecule has 0 N–H and O–H groups in total. The molecule has 9 heteroatoms. The molecule has 0 spiro atoms. The molecule has 0 aromatic carbocycles. The minimum absolute atomic E-state index is 0.0542. The number of carbonyl (C=O) groups is 1. The third kappa shape index (κ3) is 2.43. The molecule has 0 aliphatic carbocycles. The lowest BCUT2D eigenvalue weighted by atomic mass is 10.2. The number of carbonyl (C=O) groups excluding carboxylic acids is 1. The molecule has 0 bridgehead atoms. The predicted molar refractivity (Wildman–Crippen MR) is 83.1 cm³/mol. The number of piperazine rings is 1. The van der Waals surface area contributed by atoms with E-state index >= 15 is 0 Å². The number of hydrogen-bond donors (Lipinski definition) is 0. The van der Waals surface area contributed by atoms with Crippen LogP contribution in [0.1, 0.15) is 10.4 Å². The van der Waals surface area contributed by atoms with E-state index in [4.69, 9.17) is 0 Å². The Kier molecular flexibility index (Phi) is 3.52. The molecule has 4 heterocycles. The van der Waals surface area contributed by atoms with Gasteiger partial charge in [0.1, 0.15) is 6.33 Å². The fourth-order valence-corrected chi connectivity index (χ4v) is 2.81. The van der Waals surface area contributed by atoms with Crippen molar-refractivity contribution in [1.29, 1.82) is 0 Å². The van der Waals surface area contributed by atoms with E-state index in [1.165, 1.54) is 18.6 Å². The molecule has 1 amide bonds. The van der Waals surface area contributed by atoms with E-state index in [9.17, 15) is 9.18 Å². The first-order chi connectivity index (χ1) is 11.7. The average molecular weight is 327 g/mol. The fourth-order valence-electron chi connectivity index (χ4n) is 2.81. The highest BCUT2D eigenvalue weighted by Crippen LogP contribution is 2.17. The number of hydrogen-bond acceptors (Lipinski definition) is 6. The van der Waals surface area contributed by atoms with Crippen molar-refractivity contribution in [2.24, 2.45) is 0 Å². The standard InChI is InChI=1S/C15H14FN7O/c16-12-7-17-2-1-11(12)15(24)22-5-3-21(4-6-22)14-9-18-8-13-19-10-20-23(13)14/h1-2,7-10H,3-6H2. The molecule has 4 rings (SSSR count). The third-order valence-electron chi connectivity index (χ3n) is 4.06. The highest BCUT2D eigenvalue weighted by atomic mass is 19.1. The summed E-state index contributed by atoms with van der Waals surface area (Å²) in [6.45, 7) is 2.20. The number of fused-ring (bicyclic) bond motifs is 1. The van der Waals surface area contributed by atoms with Crippen molar-refractivity contribution in [3.05, 3.63) is 48.6 Å². The van der Waals surface area contributed by atoms with Gasteiger partial charge in [-0.2, -0.15) is 9.61 Å². The van der Waals surface area contributed by atoms with Crippen molar-refractivity contribution in [3.8, 4) is 0 Å². The second kappa shape index (κ2) is 5.84. The van der Waals surface area contributed by atoms with Crippen LogP contribution in [-0.4, -0.2) is 61.6 Å². The minimum atomic E-state index is -0.596. The van der Waals surface area contributed by atoms with Crippen molar-refractivity contribution >= 4 is 17.4 Å². The van der Waals surface area contributed by atoms with Gasteiger partial charge in [0.15, 0.2) is 17.3 Å². The largest absolute Gasteiger partial charge is 0.352 e. The zero-order valence-electron chi connectivity index (χ0n) is 12.7. The molecule has 0 atom stereocenters. The van der Waals surface area contributed by atoms with E-state index < -0.39 is 5.82 Å². The fraction of sp³-hybridized carbons (Fsp3) is 0.267.